The maximum atomic E-state index is 11.9. The van der Waals surface area contributed by atoms with Gasteiger partial charge in [0.1, 0.15) is 0 Å². The Balaban J connectivity index is 2.53. The van der Waals surface area contributed by atoms with Gasteiger partial charge in [0.25, 0.3) is 0 Å². The molecule has 0 spiro atoms. The van der Waals surface area contributed by atoms with Crippen LogP contribution >= 0.6 is 0 Å². The molecule has 5 nitrogen and oxygen atoms in total. The van der Waals surface area contributed by atoms with Crippen molar-refractivity contribution in [3.8, 4) is 0 Å². The number of carbonyl (C=O) groups excluding carboxylic acids is 1. The minimum absolute atomic E-state index is 0.0316. The zero-order valence-electron chi connectivity index (χ0n) is 13.4. The van der Waals surface area contributed by atoms with Gasteiger partial charge in [-0.05, 0) is 37.1 Å². The van der Waals surface area contributed by atoms with Gasteiger partial charge < -0.3 is 5.32 Å². The first-order valence-corrected chi connectivity index (χ1v) is 9.37. The van der Waals surface area contributed by atoms with E-state index in [0.29, 0.717) is 18.7 Å². The lowest BCUT2D eigenvalue weighted by Gasteiger charge is -2.08. The molecule has 0 saturated heterocycles. The Labute approximate surface area is 133 Å². The fourth-order valence-electron chi connectivity index (χ4n) is 1.97. The Morgan fingerprint density at radius 1 is 1.00 bits per heavy atom. The molecule has 124 valence electrons. The number of amides is 1. The number of hydrogen-bond donors (Lipinski definition) is 2. The maximum Gasteiger partial charge on any atom is 0.240 e. The first-order valence-electron chi connectivity index (χ1n) is 7.89. The molecular weight excluding hydrogens is 300 g/mol. The van der Waals surface area contributed by atoms with E-state index in [0.717, 1.165) is 32.1 Å². The molecular formula is C16H26N2O3S. The van der Waals surface area contributed by atoms with Gasteiger partial charge in [-0.25, -0.2) is 13.1 Å². The van der Waals surface area contributed by atoms with E-state index in [1.807, 2.05) is 6.92 Å². The number of hydrogen-bond acceptors (Lipinski definition) is 3. The summed E-state index contributed by atoms with van der Waals surface area (Å²) in [6, 6.07) is 6.24. The lowest BCUT2D eigenvalue weighted by atomic mass is 10.1. The van der Waals surface area contributed by atoms with E-state index in [1.165, 1.54) is 12.1 Å². The lowest BCUT2D eigenvalue weighted by Crippen LogP contribution is -2.24. The molecule has 1 aromatic rings. The van der Waals surface area contributed by atoms with Crippen LogP contribution in [0.25, 0.3) is 0 Å². The number of sulfonamides is 1. The summed E-state index contributed by atoms with van der Waals surface area (Å²) in [7, 11) is -3.45. The van der Waals surface area contributed by atoms with Crippen molar-refractivity contribution in [1.82, 2.24) is 4.72 Å². The molecule has 0 aliphatic heterocycles. The lowest BCUT2D eigenvalue weighted by molar-refractivity contribution is -0.116. The zero-order chi connectivity index (χ0) is 16.4. The second kappa shape index (κ2) is 9.58. The van der Waals surface area contributed by atoms with Crippen LogP contribution in [0.2, 0.25) is 0 Å². The third kappa shape index (κ3) is 6.58. The molecule has 2 N–H and O–H groups in total. The van der Waals surface area contributed by atoms with Gasteiger partial charge in [0, 0.05) is 18.7 Å². The normalized spacial score (nSPS) is 11.4. The van der Waals surface area contributed by atoms with Gasteiger partial charge in [0.05, 0.1) is 4.90 Å². The minimum Gasteiger partial charge on any atom is -0.326 e. The quantitative estimate of drug-likeness (QED) is 0.648. The largest absolute Gasteiger partial charge is 0.326 e. The predicted molar refractivity (Wildman–Crippen MR) is 89.3 cm³/mol. The summed E-state index contributed by atoms with van der Waals surface area (Å²) in [6.07, 6.45) is 5.47. The van der Waals surface area contributed by atoms with Gasteiger partial charge in [-0.2, -0.15) is 0 Å². The fraction of sp³-hybridized carbons (Fsp3) is 0.562. The Bertz CT molecular complexity index is 553. The molecule has 0 heterocycles. The van der Waals surface area contributed by atoms with Crippen LogP contribution in [0.15, 0.2) is 29.2 Å². The van der Waals surface area contributed by atoms with Gasteiger partial charge in [0.15, 0.2) is 0 Å². The van der Waals surface area contributed by atoms with Gasteiger partial charge in [-0.15, -0.1) is 0 Å². The topological polar surface area (TPSA) is 75.3 Å². The van der Waals surface area contributed by atoms with Gasteiger partial charge >= 0.3 is 0 Å². The van der Waals surface area contributed by atoms with E-state index >= 15 is 0 Å². The number of anilines is 1. The van der Waals surface area contributed by atoms with Crippen LogP contribution in [-0.4, -0.2) is 20.9 Å². The minimum atomic E-state index is -3.45. The summed E-state index contributed by atoms with van der Waals surface area (Å²) in [6.45, 7) is 4.45. The highest BCUT2D eigenvalue weighted by atomic mass is 32.2. The molecule has 0 aliphatic rings. The zero-order valence-corrected chi connectivity index (χ0v) is 14.2. The van der Waals surface area contributed by atoms with E-state index < -0.39 is 10.0 Å². The monoisotopic (exact) mass is 326 g/mol. The number of unbranched alkanes of at least 4 members (excludes halogenated alkanes) is 3. The molecule has 1 aromatic carbocycles. The van der Waals surface area contributed by atoms with Crippen LogP contribution in [0.4, 0.5) is 5.69 Å². The van der Waals surface area contributed by atoms with Crippen LogP contribution in [0.5, 0.6) is 0 Å². The molecule has 0 unspecified atom stereocenters. The number of rotatable bonds is 10. The van der Waals surface area contributed by atoms with E-state index in [2.05, 4.69) is 17.0 Å². The molecule has 6 heteroatoms. The van der Waals surface area contributed by atoms with Crippen molar-refractivity contribution in [2.24, 2.45) is 0 Å². The van der Waals surface area contributed by atoms with Gasteiger partial charge in [-0.1, -0.05) is 33.1 Å². The summed E-state index contributed by atoms with van der Waals surface area (Å²) >= 11 is 0. The molecule has 0 bridgehead atoms. The highest BCUT2D eigenvalue weighted by Crippen LogP contribution is 2.14. The van der Waals surface area contributed by atoms with Crippen LogP contribution in [0, 0.1) is 0 Å². The highest BCUT2D eigenvalue weighted by Gasteiger charge is 2.12. The van der Waals surface area contributed by atoms with Crippen LogP contribution < -0.4 is 10.0 Å². The third-order valence-electron chi connectivity index (χ3n) is 3.25. The molecule has 1 rings (SSSR count). The molecule has 0 atom stereocenters. The van der Waals surface area contributed by atoms with Crippen molar-refractivity contribution >= 4 is 21.6 Å². The maximum absolute atomic E-state index is 11.9. The first-order chi connectivity index (χ1) is 10.5. The fourth-order valence-corrected chi connectivity index (χ4v) is 3.11. The van der Waals surface area contributed by atoms with E-state index in [9.17, 15) is 13.2 Å². The van der Waals surface area contributed by atoms with E-state index in [-0.39, 0.29) is 10.8 Å². The summed E-state index contributed by atoms with van der Waals surface area (Å²) < 4.78 is 26.4. The number of nitrogens with one attached hydrogen (secondary N) is 2. The van der Waals surface area contributed by atoms with Crippen molar-refractivity contribution in [3.05, 3.63) is 24.3 Å². The third-order valence-corrected chi connectivity index (χ3v) is 4.72. The smallest absolute Gasteiger partial charge is 0.240 e. The second-order valence-corrected chi connectivity index (χ2v) is 7.05. The molecule has 0 aromatic heterocycles. The van der Waals surface area contributed by atoms with Gasteiger partial charge in [0.2, 0.25) is 15.9 Å². The molecule has 0 radical (unpaired) electrons. The average molecular weight is 326 g/mol. The van der Waals surface area contributed by atoms with Crippen LogP contribution in [0.1, 0.15) is 52.4 Å². The Morgan fingerprint density at radius 3 is 2.27 bits per heavy atom. The molecule has 0 saturated carbocycles. The number of carbonyl (C=O) groups is 1. The van der Waals surface area contributed by atoms with Crippen molar-refractivity contribution in [3.63, 3.8) is 0 Å². The summed E-state index contributed by atoms with van der Waals surface area (Å²) in [5, 5.41) is 2.79. The summed E-state index contributed by atoms with van der Waals surface area (Å²) in [5.74, 6) is -0.0316. The second-order valence-electron chi connectivity index (χ2n) is 5.28. The summed E-state index contributed by atoms with van der Waals surface area (Å²) in [4.78, 5) is 12.0. The number of benzene rings is 1. The Hall–Kier alpha value is -1.40. The highest BCUT2D eigenvalue weighted by molar-refractivity contribution is 7.89. The molecule has 1 amide bonds. The molecule has 0 aliphatic carbocycles. The predicted octanol–water partition coefficient (Wildman–Crippen LogP) is 3.28. The van der Waals surface area contributed by atoms with Gasteiger partial charge in [-0.3, -0.25) is 4.79 Å². The van der Waals surface area contributed by atoms with E-state index in [4.69, 9.17) is 0 Å². The molecule has 22 heavy (non-hydrogen) atoms. The standard InChI is InChI=1S/C16H26N2O3S/c1-3-5-6-7-8-16(19)18-14-9-11-15(12-10-14)22(20,21)17-13-4-2/h9-12,17H,3-8,13H2,1-2H3,(H,18,19). The van der Waals surface area contributed by atoms with Crippen LogP contribution in [0.3, 0.4) is 0 Å². The van der Waals surface area contributed by atoms with Crippen molar-refractivity contribution in [1.29, 1.82) is 0 Å². The van der Waals surface area contributed by atoms with Crippen molar-refractivity contribution in [2.45, 2.75) is 57.3 Å². The van der Waals surface area contributed by atoms with Crippen molar-refractivity contribution in [2.75, 3.05) is 11.9 Å². The Morgan fingerprint density at radius 2 is 1.68 bits per heavy atom. The van der Waals surface area contributed by atoms with Crippen LogP contribution in [-0.2, 0) is 14.8 Å². The molecule has 0 fully saturated rings. The van der Waals surface area contributed by atoms with E-state index in [1.54, 1.807) is 12.1 Å². The van der Waals surface area contributed by atoms with Crippen molar-refractivity contribution < 1.29 is 13.2 Å². The summed E-state index contributed by atoms with van der Waals surface area (Å²) in [5.41, 5.74) is 0.620. The SMILES string of the molecule is CCCCCCC(=O)Nc1ccc(S(=O)(=O)NCCC)cc1. The average Bonchev–Trinajstić information content (AvgIpc) is 2.50. The Kier molecular flexibility index (Phi) is 8.12. The first kappa shape index (κ1) is 18.6.